The number of halogens is 1. The normalized spacial score (nSPS) is 19.4. The van der Waals surface area contributed by atoms with E-state index in [0.29, 0.717) is 16.1 Å². The molecule has 0 bridgehead atoms. The van der Waals surface area contributed by atoms with Crippen LogP contribution in [0.4, 0.5) is 5.82 Å². The second-order valence-electron chi connectivity index (χ2n) is 5.45. The maximum atomic E-state index is 9.18. The Morgan fingerprint density at radius 2 is 2.24 bits per heavy atom. The lowest BCUT2D eigenvalue weighted by Gasteiger charge is -2.38. The van der Waals surface area contributed by atoms with Crippen LogP contribution < -0.4 is 4.90 Å². The third-order valence-electron chi connectivity index (χ3n) is 3.28. The van der Waals surface area contributed by atoms with Crippen LogP contribution in [0.25, 0.3) is 0 Å². The third-order valence-corrected chi connectivity index (χ3v) is 3.62. The van der Waals surface area contributed by atoms with E-state index in [1.807, 2.05) is 12.1 Å². The van der Waals surface area contributed by atoms with Crippen LogP contribution in [0.2, 0.25) is 5.02 Å². The second-order valence-corrected chi connectivity index (χ2v) is 5.85. The number of piperidine rings is 1. The van der Waals surface area contributed by atoms with E-state index in [1.54, 1.807) is 0 Å². The van der Waals surface area contributed by atoms with Crippen LogP contribution in [0.5, 0.6) is 0 Å². The van der Waals surface area contributed by atoms with Gasteiger partial charge in [0.1, 0.15) is 5.82 Å². The molecular formula is C13H19ClN2O. The smallest absolute Gasteiger partial charge is 0.129 e. The lowest BCUT2D eigenvalue weighted by molar-refractivity contribution is 0.275. The molecule has 2 heterocycles. The van der Waals surface area contributed by atoms with Gasteiger partial charge in [-0.2, -0.15) is 0 Å². The summed E-state index contributed by atoms with van der Waals surface area (Å²) in [5, 5.41) is 9.71. The number of aliphatic hydroxyl groups excluding tert-OH is 1. The van der Waals surface area contributed by atoms with Crippen molar-refractivity contribution < 1.29 is 5.11 Å². The molecule has 17 heavy (non-hydrogen) atoms. The lowest BCUT2D eigenvalue weighted by atomic mass is 9.84. The number of hydrogen-bond donors (Lipinski definition) is 1. The predicted octanol–water partition coefficient (Wildman–Crippen LogP) is 2.85. The summed E-state index contributed by atoms with van der Waals surface area (Å²) in [6.45, 7) is 6.49. The molecule has 94 valence electrons. The maximum Gasteiger partial charge on any atom is 0.129 e. The molecule has 0 spiro atoms. The summed E-state index contributed by atoms with van der Waals surface area (Å²) in [5.41, 5.74) is 0.895. The minimum atomic E-state index is -0.107. The van der Waals surface area contributed by atoms with Gasteiger partial charge in [-0.25, -0.2) is 4.98 Å². The number of anilines is 1. The first-order valence-electron chi connectivity index (χ1n) is 6.03. The largest absolute Gasteiger partial charge is 0.390 e. The first-order valence-corrected chi connectivity index (χ1v) is 6.41. The van der Waals surface area contributed by atoms with Crippen molar-refractivity contribution in [3.8, 4) is 0 Å². The average Bonchev–Trinajstić information content (AvgIpc) is 2.28. The monoisotopic (exact) mass is 254 g/mol. The quantitative estimate of drug-likeness (QED) is 0.882. The van der Waals surface area contributed by atoms with E-state index in [-0.39, 0.29) is 6.61 Å². The Morgan fingerprint density at radius 3 is 2.88 bits per heavy atom. The van der Waals surface area contributed by atoms with Crippen LogP contribution in [0, 0.1) is 5.41 Å². The van der Waals surface area contributed by atoms with E-state index in [4.69, 9.17) is 11.6 Å². The summed E-state index contributed by atoms with van der Waals surface area (Å²) in [5.74, 6) is 0.922. The minimum absolute atomic E-state index is 0.107. The second kappa shape index (κ2) is 4.83. The number of aliphatic hydroxyl groups is 1. The van der Waals surface area contributed by atoms with Gasteiger partial charge < -0.3 is 10.0 Å². The molecule has 0 atom stereocenters. The summed E-state index contributed by atoms with van der Waals surface area (Å²) >= 11 is 5.95. The highest BCUT2D eigenvalue weighted by Crippen LogP contribution is 2.31. The van der Waals surface area contributed by atoms with Gasteiger partial charge in [-0.05, 0) is 30.4 Å². The van der Waals surface area contributed by atoms with E-state index in [2.05, 4.69) is 23.7 Å². The molecule has 0 aliphatic carbocycles. The van der Waals surface area contributed by atoms with Crippen LogP contribution in [0.1, 0.15) is 32.4 Å². The van der Waals surface area contributed by atoms with Crippen molar-refractivity contribution in [2.24, 2.45) is 5.41 Å². The van der Waals surface area contributed by atoms with Crippen molar-refractivity contribution in [1.29, 1.82) is 0 Å². The van der Waals surface area contributed by atoms with E-state index >= 15 is 0 Å². The molecular weight excluding hydrogens is 236 g/mol. The molecule has 1 fully saturated rings. The van der Waals surface area contributed by atoms with E-state index in [0.717, 1.165) is 18.9 Å². The highest BCUT2D eigenvalue weighted by molar-refractivity contribution is 6.31. The molecule has 4 heteroatoms. The zero-order valence-electron chi connectivity index (χ0n) is 10.4. The molecule has 2 rings (SSSR count). The van der Waals surface area contributed by atoms with Gasteiger partial charge in [0, 0.05) is 13.1 Å². The van der Waals surface area contributed by atoms with Crippen LogP contribution >= 0.6 is 11.6 Å². The summed E-state index contributed by atoms with van der Waals surface area (Å²) in [7, 11) is 0. The van der Waals surface area contributed by atoms with Crippen LogP contribution in [-0.2, 0) is 6.61 Å². The van der Waals surface area contributed by atoms with E-state index < -0.39 is 0 Å². The fourth-order valence-electron chi connectivity index (χ4n) is 2.38. The van der Waals surface area contributed by atoms with Gasteiger partial charge in [0.15, 0.2) is 0 Å². The van der Waals surface area contributed by atoms with Crippen molar-refractivity contribution in [1.82, 2.24) is 4.98 Å². The fraction of sp³-hybridized carbons (Fsp3) is 0.615. The van der Waals surface area contributed by atoms with Gasteiger partial charge in [0.2, 0.25) is 0 Å². The number of rotatable bonds is 2. The Balaban J connectivity index is 2.22. The summed E-state index contributed by atoms with van der Waals surface area (Å²) in [4.78, 5) is 6.70. The first kappa shape index (κ1) is 12.7. The Kier molecular flexibility index (Phi) is 3.59. The van der Waals surface area contributed by atoms with Gasteiger partial charge in [0.25, 0.3) is 0 Å². The fourth-order valence-corrected chi connectivity index (χ4v) is 2.54. The zero-order valence-corrected chi connectivity index (χ0v) is 11.2. The van der Waals surface area contributed by atoms with Crippen LogP contribution in [0.15, 0.2) is 12.1 Å². The average molecular weight is 255 g/mol. The molecule has 1 aromatic rings. The third kappa shape index (κ3) is 2.90. The first-order chi connectivity index (χ1) is 8.02. The van der Waals surface area contributed by atoms with Crippen molar-refractivity contribution in [3.05, 3.63) is 22.8 Å². The number of aromatic nitrogens is 1. The van der Waals surface area contributed by atoms with Crippen molar-refractivity contribution in [2.45, 2.75) is 33.3 Å². The molecule has 1 saturated heterocycles. The summed E-state index contributed by atoms with van der Waals surface area (Å²) in [6, 6.07) is 3.75. The van der Waals surface area contributed by atoms with Gasteiger partial charge in [-0.3, -0.25) is 0 Å². The molecule has 0 aromatic carbocycles. The Labute approximate surface area is 107 Å². The molecule has 0 saturated carbocycles. The minimum Gasteiger partial charge on any atom is -0.390 e. The van der Waals surface area contributed by atoms with E-state index in [1.165, 1.54) is 12.8 Å². The van der Waals surface area contributed by atoms with Crippen molar-refractivity contribution >= 4 is 17.4 Å². The van der Waals surface area contributed by atoms with Gasteiger partial charge >= 0.3 is 0 Å². The Morgan fingerprint density at radius 1 is 1.47 bits per heavy atom. The summed E-state index contributed by atoms with van der Waals surface area (Å²) < 4.78 is 0. The molecule has 1 N–H and O–H groups in total. The standard InChI is InChI=1S/C13H19ClN2O/c1-13(2)6-3-7-16(9-13)12-5-4-10(14)11(8-17)15-12/h4-5,17H,3,6-9H2,1-2H3. The van der Waals surface area contributed by atoms with Gasteiger partial charge in [0.05, 0.1) is 17.3 Å². The van der Waals surface area contributed by atoms with Crippen molar-refractivity contribution in [3.63, 3.8) is 0 Å². The van der Waals surface area contributed by atoms with Crippen molar-refractivity contribution in [2.75, 3.05) is 18.0 Å². The maximum absolute atomic E-state index is 9.18. The number of nitrogens with zero attached hydrogens (tertiary/aromatic N) is 2. The van der Waals surface area contributed by atoms with Gasteiger partial charge in [-0.1, -0.05) is 25.4 Å². The Bertz CT molecular complexity index is 406. The van der Waals surface area contributed by atoms with Gasteiger partial charge in [-0.15, -0.1) is 0 Å². The van der Waals surface area contributed by atoms with Crippen LogP contribution in [-0.4, -0.2) is 23.2 Å². The highest BCUT2D eigenvalue weighted by Gasteiger charge is 2.27. The molecule has 0 unspecified atom stereocenters. The molecule has 1 aliphatic heterocycles. The molecule has 3 nitrogen and oxygen atoms in total. The zero-order chi connectivity index (χ0) is 12.5. The Hall–Kier alpha value is -0.800. The SMILES string of the molecule is CC1(C)CCCN(c2ccc(Cl)c(CO)n2)C1. The van der Waals surface area contributed by atoms with E-state index in [9.17, 15) is 5.11 Å². The van der Waals surface area contributed by atoms with Crippen LogP contribution in [0.3, 0.4) is 0 Å². The molecule has 0 radical (unpaired) electrons. The molecule has 0 amide bonds. The highest BCUT2D eigenvalue weighted by atomic mass is 35.5. The predicted molar refractivity (Wildman–Crippen MR) is 70.4 cm³/mol. The molecule has 1 aromatic heterocycles. The molecule has 1 aliphatic rings. The topological polar surface area (TPSA) is 36.4 Å². The summed E-state index contributed by atoms with van der Waals surface area (Å²) in [6.07, 6.45) is 2.44. The number of hydrogen-bond acceptors (Lipinski definition) is 3. The number of pyridine rings is 1. The lowest BCUT2D eigenvalue weighted by Crippen LogP contribution is -2.40.